The van der Waals surface area contributed by atoms with Crippen molar-refractivity contribution in [3.05, 3.63) is 132 Å². The number of halogens is 1. The molecule has 3 aromatic carbocycles. The van der Waals surface area contributed by atoms with Crippen molar-refractivity contribution in [3.8, 4) is 5.75 Å². The maximum Gasteiger partial charge on any atom is 0.338 e. The van der Waals surface area contributed by atoms with Gasteiger partial charge in [0.15, 0.2) is 4.80 Å². The van der Waals surface area contributed by atoms with Crippen molar-refractivity contribution in [2.24, 2.45) is 4.99 Å². The molecule has 0 bridgehead atoms. The van der Waals surface area contributed by atoms with E-state index in [1.54, 1.807) is 25.3 Å². The average molecular weight is 626 g/mol. The van der Waals surface area contributed by atoms with E-state index in [-0.39, 0.29) is 11.7 Å². The van der Waals surface area contributed by atoms with Gasteiger partial charge in [-0.3, -0.25) is 9.36 Å². The van der Waals surface area contributed by atoms with Crippen molar-refractivity contribution in [1.82, 2.24) is 9.13 Å². The third-order valence-electron chi connectivity index (χ3n) is 7.50. The van der Waals surface area contributed by atoms with E-state index >= 15 is 0 Å². The molecule has 1 aliphatic rings. The predicted molar refractivity (Wildman–Crippen MR) is 175 cm³/mol. The fourth-order valence-electron chi connectivity index (χ4n) is 5.56. The van der Waals surface area contributed by atoms with Crippen LogP contribution in [0.15, 0.2) is 100 Å². The number of aromatic nitrogens is 2. The molecule has 1 aliphatic heterocycles. The van der Waals surface area contributed by atoms with Crippen molar-refractivity contribution in [3.63, 3.8) is 0 Å². The third-order valence-corrected chi connectivity index (χ3v) is 8.85. The van der Waals surface area contributed by atoms with Gasteiger partial charge in [0.05, 0.1) is 34.6 Å². The van der Waals surface area contributed by atoms with Gasteiger partial charge in [0.25, 0.3) is 5.56 Å². The van der Waals surface area contributed by atoms with Gasteiger partial charge < -0.3 is 14.0 Å². The van der Waals surface area contributed by atoms with Gasteiger partial charge in [0.2, 0.25) is 0 Å². The Morgan fingerprint density at radius 1 is 1.07 bits per heavy atom. The summed E-state index contributed by atoms with van der Waals surface area (Å²) in [5.41, 5.74) is 4.36. The number of carbonyl (C=O) groups is 1. The highest BCUT2D eigenvalue weighted by Gasteiger charge is 2.34. The molecule has 5 aromatic rings. The predicted octanol–water partition coefficient (Wildman–Crippen LogP) is 6.24. The normalized spacial score (nSPS) is 15.0. The van der Waals surface area contributed by atoms with E-state index in [1.165, 1.54) is 11.3 Å². The molecule has 1 atom stereocenters. The number of nitrogens with zero attached hydrogens (tertiary/aromatic N) is 3. The number of thiazole rings is 1. The van der Waals surface area contributed by atoms with E-state index < -0.39 is 12.0 Å². The van der Waals surface area contributed by atoms with Gasteiger partial charge >= 0.3 is 5.97 Å². The number of fused-ring (bicyclic) bond motifs is 2. The summed E-state index contributed by atoms with van der Waals surface area (Å²) >= 11 is 7.79. The largest absolute Gasteiger partial charge is 0.494 e. The first-order chi connectivity index (χ1) is 21.2. The molecular weight excluding hydrogens is 594 g/mol. The smallest absolute Gasteiger partial charge is 0.338 e. The summed E-state index contributed by atoms with van der Waals surface area (Å²) in [5, 5.41) is 1.72. The molecule has 0 spiro atoms. The molecule has 2 aromatic heterocycles. The molecule has 7 nitrogen and oxygen atoms in total. The highest BCUT2D eigenvalue weighted by Crippen LogP contribution is 2.32. The second kappa shape index (κ2) is 12.3. The van der Waals surface area contributed by atoms with Crippen molar-refractivity contribution in [2.75, 3.05) is 6.61 Å². The summed E-state index contributed by atoms with van der Waals surface area (Å²) in [4.78, 5) is 32.9. The Morgan fingerprint density at radius 3 is 2.52 bits per heavy atom. The second-order valence-corrected chi connectivity index (χ2v) is 12.3. The Kier molecular flexibility index (Phi) is 8.29. The molecule has 3 heterocycles. The maximum absolute atomic E-state index is 14.2. The number of ether oxygens (including phenoxy) is 2. The first-order valence-corrected chi connectivity index (χ1v) is 15.7. The second-order valence-electron chi connectivity index (χ2n) is 10.9. The molecule has 0 fully saturated rings. The van der Waals surface area contributed by atoms with Gasteiger partial charge in [-0.05, 0) is 69.2 Å². The zero-order chi connectivity index (χ0) is 31.0. The van der Waals surface area contributed by atoms with E-state index in [2.05, 4.69) is 10.6 Å². The van der Waals surface area contributed by atoms with Crippen LogP contribution in [0.3, 0.4) is 0 Å². The zero-order valence-electron chi connectivity index (χ0n) is 24.9. The molecule has 0 unspecified atom stereocenters. The SMILES string of the molecule is CCOc1ccc([C@@H]2C(C(=O)OC(C)C)=C(C)N=c3s/c(=C/c4cn(Cc5ccccc5Cl)c5ccccc45)c(=O)n32)cc1. The van der Waals surface area contributed by atoms with E-state index in [1.807, 2.05) is 85.9 Å². The van der Waals surface area contributed by atoms with E-state index in [0.29, 0.717) is 44.5 Å². The lowest BCUT2D eigenvalue weighted by Crippen LogP contribution is -2.40. The van der Waals surface area contributed by atoms with Gasteiger partial charge in [-0.25, -0.2) is 9.79 Å². The van der Waals surface area contributed by atoms with Gasteiger partial charge in [-0.2, -0.15) is 0 Å². The van der Waals surface area contributed by atoms with Crippen molar-refractivity contribution < 1.29 is 14.3 Å². The summed E-state index contributed by atoms with van der Waals surface area (Å²) in [6, 6.07) is 22.7. The number of rotatable bonds is 8. The third kappa shape index (κ3) is 5.63. The molecular formula is C35H32ClN3O4S. The minimum absolute atomic E-state index is 0.224. The Bertz CT molecular complexity index is 2090. The van der Waals surface area contributed by atoms with E-state index in [9.17, 15) is 9.59 Å². The number of para-hydroxylation sites is 1. The quantitative estimate of drug-likeness (QED) is 0.191. The summed E-state index contributed by atoms with van der Waals surface area (Å²) < 4.78 is 15.5. The molecule has 9 heteroatoms. The van der Waals surface area contributed by atoms with Crippen LogP contribution in [0.4, 0.5) is 0 Å². The molecule has 44 heavy (non-hydrogen) atoms. The Balaban J connectivity index is 1.50. The van der Waals surface area contributed by atoms with Gasteiger partial charge in [-0.1, -0.05) is 71.5 Å². The minimum Gasteiger partial charge on any atom is -0.494 e. The number of hydrogen-bond donors (Lipinski definition) is 0. The lowest BCUT2D eigenvalue weighted by molar-refractivity contribution is -0.143. The molecule has 0 amide bonds. The van der Waals surface area contributed by atoms with Crippen molar-refractivity contribution in [1.29, 1.82) is 0 Å². The average Bonchev–Trinajstić information content (AvgIpc) is 3.50. The monoisotopic (exact) mass is 625 g/mol. The maximum atomic E-state index is 14.2. The highest BCUT2D eigenvalue weighted by atomic mass is 35.5. The molecule has 224 valence electrons. The van der Waals surface area contributed by atoms with Crippen LogP contribution in [-0.2, 0) is 16.1 Å². The van der Waals surface area contributed by atoms with Crippen LogP contribution in [0.2, 0.25) is 5.02 Å². The first-order valence-electron chi connectivity index (χ1n) is 14.5. The fourth-order valence-corrected chi connectivity index (χ4v) is 6.79. The number of esters is 1. The lowest BCUT2D eigenvalue weighted by atomic mass is 9.96. The summed E-state index contributed by atoms with van der Waals surface area (Å²) in [7, 11) is 0. The van der Waals surface area contributed by atoms with Gasteiger partial charge in [-0.15, -0.1) is 0 Å². The molecule has 0 saturated carbocycles. The zero-order valence-corrected chi connectivity index (χ0v) is 26.5. The summed E-state index contributed by atoms with van der Waals surface area (Å²) in [6.45, 7) is 8.44. The standard InChI is InChI=1S/C35H32ClN3O4S/c1-5-42-26-16-14-23(15-17-26)32-31(34(41)43-21(2)3)22(4)37-35-39(32)33(40)30(44-35)18-25-20-38(29-13-9-7-11-27(25)29)19-24-10-6-8-12-28(24)36/h6-18,20-21,32H,5,19H2,1-4H3/b30-18+/t32-/m1/s1. The Hall–Kier alpha value is -4.40. The lowest BCUT2D eigenvalue weighted by Gasteiger charge is -2.25. The van der Waals surface area contributed by atoms with E-state index in [4.69, 9.17) is 26.1 Å². The summed E-state index contributed by atoms with van der Waals surface area (Å²) in [6.07, 6.45) is 3.64. The molecule has 0 N–H and O–H groups in total. The van der Waals surface area contributed by atoms with Crippen LogP contribution in [0.25, 0.3) is 17.0 Å². The van der Waals surface area contributed by atoms with Crippen LogP contribution in [-0.4, -0.2) is 27.8 Å². The minimum atomic E-state index is -0.697. The number of allylic oxidation sites excluding steroid dienone is 1. The van der Waals surface area contributed by atoms with Gasteiger partial charge in [0.1, 0.15) is 5.75 Å². The highest BCUT2D eigenvalue weighted by molar-refractivity contribution is 7.07. The molecule has 0 saturated heterocycles. The Morgan fingerprint density at radius 2 is 1.80 bits per heavy atom. The summed E-state index contributed by atoms with van der Waals surface area (Å²) in [5.74, 6) is 0.223. The van der Waals surface area contributed by atoms with Crippen LogP contribution >= 0.6 is 22.9 Å². The van der Waals surface area contributed by atoms with Gasteiger partial charge in [0, 0.05) is 34.2 Å². The molecule has 0 aliphatic carbocycles. The van der Waals surface area contributed by atoms with Crippen molar-refractivity contribution >= 4 is 45.9 Å². The fraction of sp³-hybridized carbons (Fsp3) is 0.229. The van der Waals surface area contributed by atoms with Crippen LogP contribution < -0.4 is 19.6 Å². The van der Waals surface area contributed by atoms with Crippen LogP contribution in [0, 0.1) is 0 Å². The molecule has 0 radical (unpaired) electrons. The number of hydrogen-bond acceptors (Lipinski definition) is 6. The van der Waals surface area contributed by atoms with Crippen LogP contribution in [0.1, 0.15) is 50.4 Å². The van der Waals surface area contributed by atoms with E-state index in [0.717, 1.165) is 27.6 Å². The number of benzene rings is 3. The Labute approximate surface area is 264 Å². The first kappa shape index (κ1) is 29.7. The molecule has 6 rings (SSSR count). The van der Waals surface area contributed by atoms with Crippen LogP contribution in [0.5, 0.6) is 5.75 Å². The number of carbonyl (C=O) groups excluding carboxylic acids is 1. The topological polar surface area (TPSA) is 74.8 Å². The van der Waals surface area contributed by atoms with Crippen molar-refractivity contribution in [2.45, 2.75) is 46.4 Å².